The van der Waals surface area contributed by atoms with E-state index in [9.17, 15) is 17.6 Å². The predicted molar refractivity (Wildman–Crippen MR) is 52.5 cm³/mol. The lowest BCUT2D eigenvalue weighted by Crippen LogP contribution is -2.29. The van der Waals surface area contributed by atoms with Crippen LogP contribution in [0.25, 0.3) is 0 Å². The monoisotopic (exact) mass is 253 g/mol. The number of hydrogen-bond acceptors (Lipinski definition) is 3. The molecule has 7 heteroatoms. The van der Waals surface area contributed by atoms with Crippen LogP contribution in [0.15, 0.2) is 12.1 Å². The van der Waals surface area contributed by atoms with Crippen molar-refractivity contribution >= 4 is 0 Å². The van der Waals surface area contributed by atoms with Gasteiger partial charge < -0.3 is 15.2 Å². The summed E-state index contributed by atoms with van der Waals surface area (Å²) in [6, 6.07) is -0.355. The summed E-state index contributed by atoms with van der Waals surface area (Å²) in [5.74, 6) is -1.66. The van der Waals surface area contributed by atoms with E-state index in [1.807, 2.05) is 0 Å². The molecule has 0 aliphatic heterocycles. The second kappa shape index (κ2) is 4.79. The third-order valence-corrected chi connectivity index (χ3v) is 2.20. The first-order valence-corrected chi connectivity index (χ1v) is 4.55. The number of rotatable bonds is 3. The number of hydrogen-bond donors (Lipinski definition) is 1. The maximum absolute atomic E-state index is 13.3. The quantitative estimate of drug-likeness (QED) is 0.841. The maximum atomic E-state index is 13.3. The molecule has 0 amide bonds. The highest BCUT2D eigenvalue weighted by Crippen LogP contribution is 2.41. The number of alkyl halides is 3. The summed E-state index contributed by atoms with van der Waals surface area (Å²) in [6.07, 6.45) is -4.71. The van der Waals surface area contributed by atoms with Gasteiger partial charge in [-0.3, -0.25) is 0 Å². The fourth-order valence-electron chi connectivity index (χ4n) is 1.40. The molecule has 1 unspecified atom stereocenters. The molecule has 1 atom stereocenters. The lowest BCUT2D eigenvalue weighted by molar-refractivity contribution is -0.149. The minimum atomic E-state index is -4.71. The summed E-state index contributed by atoms with van der Waals surface area (Å²) < 4.78 is 60.3. The van der Waals surface area contributed by atoms with Crippen molar-refractivity contribution in [1.29, 1.82) is 0 Å². The predicted octanol–water partition coefficient (Wildman–Crippen LogP) is 2.41. The van der Waals surface area contributed by atoms with Crippen molar-refractivity contribution in [3.63, 3.8) is 0 Å². The van der Waals surface area contributed by atoms with Crippen LogP contribution >= 0.6 is 0 Å². The highest BCUT2D eigenvalue weighted by atomic mass is 19.4. The molecule has 0 aromatic heterocycles. The molecular formula is C10H11F4NO2. The average Bonchev–Trinajstić information content (AvgIpc) is 2.26. The molecule has 1 rings (SSSR count). The average molecular weight is 253 g/mol. The second-order valence-corrected chi connectivity index (χ2v) is 3.22. The van der Waals surface area contributed by atoms with Crippen LogP contribution in [0.3, 0.4) is 0 Å². The van der Waals surface area contributed by atoms with E-state index in [0.717, 1.165) is 19.2 Å². The summed E-state index contributed by atoms with van der Waals surface area (Å²) in [5, 5.41) is 0. The topological polar surface area (TPSA) is 44.5 Å². The minimum absolute atomic E-state index is 0.173. The largest absolute Gasteiger partial charge is 0.496 e. The van der Waals surface area contributed by atoms with Gasteiger partial charge in [-0.2, -0.15) is 13.2 Å². The van der Waals surface area contributed by atoms with Gasteiger partial charge in [-0.15, -0.1) is 0 Å². The lowest BCUT2D eigenvalue weighted by Gasteiger charge is -2.21. The van der Waals surface area contributed by atoms with Crippen LogP contribution in [0.2, 0.25) is 0 Å². The number of nitrogens with two attached hydrogens (primary N) is 1. The summed E-state index contributed by atoms with van der Waals surface area (Å²) >= 11 is 0. The molecule has 17 heavy (non-hydrogen) atoms. The summed E-state index contributed by atoms with van der Waals surface area (Å²) in [6.45, 7) is 0. The molecule has 0 spiro atoms. The standard InChI is InChI=1S/C10H11F4NO2/c1-16-6-4-3-5(11)8(17-2)7(6)9(15)10(12,13)14/h3-4,9H,15H2,1-2H3. The van der Waals surface area contributed by atoms with Crippen molar-refractivity contribution in [1.82, 2.24) is 0 Å². The van der Waals surface area contributed by atoms with Crippen LogP contribution in [0.4, 0.5) is 17.6 Å². The van der Waals surface area contributed by atoms with Crippen molar-refractivity contribution in [2.75, 3.05) is 14.2 Å². The molecule has 1 aromatic rings. The van der Waals surface area contributed by atoms with Gasteiger partial charge in [0.15, 0.2) is 11.6 Å². The smallest absolute Gasteiger partial charge is 0.407 e. The van der Waals surface area contributed by atoms with Crippen LogP contribution in [0, 0.1) is 5.82 Å². The van der Waals surface area contributed by atoms with Crippen molar-refractivity contribution in [3.05, 3.63) is 23.5 Å². The molecule has 1 aromatic carbocycles. The molecule has 96 valence electrons. The summed E-state index contributed by atoms with van der Waals surface area (Å²) in [7, 11) is 2.23. The highest BCUT2D eigenvalue weighted by molar-refractivity contribution is 5.48. The zero-order valence-corrected chi connectivity index (χ0v) is 9.14. The third-order valence-electron chi connectivity index (χ3n) is 2.20. The fraction of sp³-hybridized carbons (Fsp3) is 0.400. The van der Waals surface area contributed by atoms with Gasteiger partial charge >= 0.3 is 6.18 Å². The number of halogens is 4. The lowest BCUT2D eigenvalue weighted by atomic mass is 10.0. The zero-order valence-electron chi connectivity index (χ0n) is 9.14. The molecule has 0 saturated heterocycles. The van der Waals surface area contributed by atoms with Gasteiger partial charge in [0.25, 0.3) is 0 Å². The molecule has 0 bridgehead atoms. The second-order valence-electron chi connectivity index (χ2n) is 3.22. The van der Waals surface area contributed by atoms with Gasteiger partial charge in [-0.25, -0.2) is 4.39 Å². The van der Waals surface area contributed by atoms with Crippen molar-refractivity contribution in [2.24, 2.45) is 5.73 Å². The Labute approximate surface area is 95.1 Å². The Morgan fingerprint density at radius 3 is 2.18 bits per heavy atom. The van der Waals surface area contributed by atoms with Crippen LogP contribution in [0.1, 0.15) is 11.6 Å². The van der Waals surface area contributed by atoms with E-state index in [0.29, 0.717) is 0 Å². The van der Waals surface area contributed by atoms with Gasteiger partial charge in [0.2, 0.25) is 0 Å². The molecule has 0 aliphatic carbocycles. The van der Waals surface area contributed by atoms with E-state index in [1.54, 1.807) is 0 Å². The van der Waals surface area contributed by atoms with Gasteiger partial charge in [-0.1, -0.05) is 0 Å². The van der Waals surface area contributed by atoms with Crippen molar-refractivity contribution in [3.8, 4) is 11.5 Å². The van der Waals surface area contributed by atoms with Crippen LogP contribution in [-0.2, 0) is 0 Å². The summed E-state index contributed by atoms with van der Waals surface area (Å²) in [4.78, 5) is 0. The third kappa shape index (κ3) is 2.60. The Kier molecular flexibility index (Phi) is 3.82. The van der Waals surface area contributed by atoms with Gasteiger partial charge in [-0.05, 0) is 12.1 Å². The first-order valence-electron chi connectivity index (χ1n) is 4.55. The number of methoxy groups -OCH3 is 2. The van der Waals surface area contributed by atoms with Gasteiger partial charge in [0.05, 0.1) is 19.8 Å². The normalized spacial score (nSPS) is 13.4. The van der Waals surface area contributed by atoms with Crippen molar-refractivity contribution < 1.29 is 27.0 Å². The van der Waals surface area contributed by atoms with Crippen LogP contribution in [-0.4, -0.2) is 20.4 Å². The molecule has 0 aliphatic rings. The molecule has 2 N–H and O–H groups in total. The molecule has 3 nitrogen and oxygen atoms in total. The van der Waals surface area contributed by atoms with Crippen LogP contribution < -0.4 is 15.2 Å². The van der Waals surface area contributed by atoms with Gasteiger partial charge in [0, 0.05) is 0 Å². The fourth-order valence-corrected chi connectivity index (χ4v) is 1.40. The number of ether oxygens (including phenoxy) is 2. The van der Waals surface area contributed by atoms with E-state index < -0.39 is 29.3 Å². The van der Waals surface area contributed by atoms with Crippen molar-refractivity contribution in [2.45, 2.75) is 12.2 Å². The molecule has 0 heterocycles. The molecule has 0 radical (unpaired) electrons. The molecular weight excluding hydrogens is 242 g/mol. The molecule has 0 saturated carbocycles. The Bertz CT molecular complexity index is 406. The minimum Gasteiger partial charge on any atom is -0.496 e. The Morgan fingerprint density at radius 2 is 1.76 bits per heavy atom. The summed E-state index contributed by atoms with van der Waals surface area (Å²) in [5.41, 5.74) is 4.49. The van der Waals surface area contributed by atoms with Crippen LogP contribution in [0.5, 0.6) is 11.5 Å². The van der Waals surface area contributed by atoms with Gasteiger partial charge in [0.1, 0.15) is 11.8 Å². The Hall–Kier alpha value is -1.50. The van der Waals surface area contributed by atoms with E-state index in [2.05, 4.69) is 4.74 Å². The zero-order chi connectivity index (χ0) is 13.2. The SMILES string of the molecule is COc1ccc(F)c(OC)c1C(N)C(F)(F)F. The Balaban J connectivity index is 3.42. The highest BCUT2D eigenvalue weighted by Gasteiger charge is 2.41. The Morgan fingerprint density at radius 1 is 1.18 bits per heavy atom. The van der Waals surface area contributed by atoms with E-state index >= 15 is 0 Å². The molecule has 0 fully saturated rings. The number of benzene rings is 1. The first-order chi connectivity index (χ1) is 7.82. The van der Waals surface area contributed by atoms with E-state index in [-0.39, 0.29) is 5.75 Å². The van der Waals surface area contributed by atoms with E-state index in [4.69, 9.17) is 10.5 Å². The van der Waals surface area contributed by atoms with E-state index in [1.165, 1.54) is 7.11 Å². The first kappa shape index (κ1) is 13.6. The maximum Gasteiger partial charge on any atom is 0.407 e.